The van der Waals surface area contributed by atoms with Crippen LogP contribution in [-0.4, -0.2) is 0 Å². The zero-order valence-electron chi connectivity index (χ0n) is 5.30. The van der Waals surface area contributed by atoms with Crippen molar-refractivity contribution in [2.24, 2.45) is 0 Å². The van der Waals surface area contributed by atoms with Crippen LogP contribution in [0.2, 0.25) is 4.34 Å². The highest BCUT2D eigenvalue weighted by Gasteiger charge is 2.21. The molecule has 0 fully saturated rings. The molecule has 2 rings (SSSR count). The minimum absolute atomic E-state index is 0.443. The van der Waals surface area contributed by atoms with Gasteiger partial charge in [-0.05, 0) is 24.5 Å². The molecule has 10 heavy (non-hydrogen) atoms. The largest absolute Gasteiger partial charge is 0.171 e. The highest BCUT2D eigenvalue weighted by molar-refractivity contribution is 7.80. The van der Waals surface area contributed by atoms with Gasteiger partial charge in [0.15, 0.2) is 0 Å². The Kier molecular flexibility index (Phi) is 1.71. The molecular weight excluding hydrogens is 184 g/mol. The van der Waals surface area contributed by atoms with Gasteiger partial charge in [-0.15, -0.1) is 11.3 Å². The number of aryl methyl sites for hydroxylation is 1. The summed E-state index contributed by atoms with van der Waals surface area (Å²) in [7, 11) is 0. The second-order valence-electron chi connectivity index (χ2n) is 2.48. The minimum atomic E-state index is 0.443. The maximum absolute atomic E-state index is 5.83. The first-order valence-electron chi connectivity index (χ1n) is 3.23. The van der Waals surface area contributed by atoms with Crippen LogP contribution in [0.1, 0.15) is 22.1 Å². The molecule has 3 heteroatoms. The van der Waals surface area contributed by atoms with Crippen LogP contribution in [0.15, 0.2) is 6.07 Å². The Hall–Kier alpha value is 0.340. The lowest BCUT2D eigenvalue weighted by atomic mass is 10.3. The first-order valence-corrected chi connectivity index (χ1v) is 4.94. The topological polar surface area (TPSA) is 0 Å². The predicted molar refractivity (Wildman–Crippen MR) is 49.4 cm³/mol. The second kappa shape index (κ2) is 2.43. The van der Waals surface area contributed by atoms with Gasteiger partial charge in [0.05, 0.1) is 4.34 Å². The summed E-state index contributed by atoms with van der Waals surface area (Å²) in [5.74, 6) is 0. The zero-order chi connectivity index (χ0) is 7.14. The Morgan fingerprint density at radius 1 is 1.70 bits per heavy atom. The van der Waals surface area contributed by atoms with Crippen LogP contribution in [-0.2, 0) is 6.42 Å². The van der Waals surface area contributed by atoms with Gasteiger partial charge >= 0.3 is 0 Å². The Bertz CT molecular complexity index is 254. The molecule has 0 amide bonds. The normalized spacial score (nSPS) is 23.2. The van der Waals surface area contributed by atoms with E-state index in [9.17, 15) is 0 Å². The molecular formula is C7H7ClS2. The molecule has 0 spiro atoms. The van der Waals surface area contributed by atoms with Gasteiger partial charge in [0.1, 0.15) is 0 Å². The van der Waals surface area contributed by atoms with Gasteiger partial charge in [0.2, 0.25) is 0 Å². The lowest BCUT2D eigenvalue weighted by Gasteiger charge is -1.95. The smallest absolute Gasteiger partial charge is 0.0934 e. The van der Waals surface area contributed by atoms with Crippen molar-refractivity contribution < 1.29 is 0 Å². The number of thiophene rings is 1. The molecule has 1 atom stereocenters. The maximum Gasteiger partial charge on any atom is 0.0934 e. The van der Waals surface area contributed by atoms with Gasteiger partial charge in [-0.25, -0.2) is 0 Å². The second-order valence-corrected chi connectivity index (χ2v) is 4.87. The summed E-state index contributed by atoms with van der Waals surface area (Å²) in [6.45, 7) is 0. The van der Waals surface area contributed by atoms with Gasteiger partial charge in [-0.1, -0.05) is 11.6 Å². The van der Waals surface area contributed by atoms with E-state index in [1.54, 1.807) is 11.3 Å². The summed E-state index contributed by atoms with van der Waals surface area (Å²) < 4.78 is 0.906. The van der Waals surface area contributed by atoms with Gasteiger partial charge in [0, 0.05) is 10.1 Å². The molecule has 0 bridgehead atoms. The van der Waals surface area contributed by atoms with Crippen molar-refractivity contribution in [2.75, 3.05) is 0 Å². The summed E-state index contributed by atoms with van der Waals surface area (Å²) in [6, 6.07) is 2.05. The predicted octanol–water partition coefficient (Wildman–Crippen LogP) is 3.32. The highest BCUT2D eigenvalue weighted by Crippen LogP contribution is 2.42. The van der Waals surface area contributed by atoms with Crippen LogP contribution < -0.4 is 0 Å². The van der Waals surface area contributed by atoms with E-state index in [1.165, 1.54) is 23.3 Å². The summed E-state index contributed by atoms with van der Waals surface area (Å²) in [5, 5.41) is 0.443. The lowest BCUT2D eigenvalue weighted by molar-refractivity contribution is 0.899. The molecule has 1 aromatic rings. The van der Waals surface area contributed by atoms with Crippen LogP contribution in [0.3, 0.4) is 0 Å². The lowest BCUT2D eigenvalue weighted by Crippen LogP contribution is -1.76. The molecule has 0 saturated heterocycles. The average molecular weight is 191 g/mol. The van der Waals surface area contributed by atoms with Crippen molar-refractivity contribution in [3.63, 3.8) is 0 Å². The van der Waals surface area contributed by atoms with Gasteiger partial charge in [-0.3, -0.25) is 0 Å². The van der Waals surface area contributed by atoms with Gasteiger partial charge in [0.25, 0.3) is 0 Å². The first-order chi connectivity index (χ1) is 4.77. The van der Waals surface area contributed by atoms with Crippen molar-refractivity contribution in [2.45, 2.75) is 18.1 Å². The average Bonchev–Trinajstić information content (AvgIpc) is 2.35. The molecule has 1 unspecified atom stereocenters. The fourth-order valence-corrected chi connectivity index (χ4v) is 3.11. The third-order valence-electron chi connectivity index (χ3n) is 1.82. The van der Waals surface area contributed by atoms with Crippen LogP contribution >= 0.6 is 35.6 Å². The fraction of sp³-hybridized carbons (Fsp3) is 0.429. The minimum Gasteiger partial charge on any atom is -0.171 e. The van der Waals surface area contributed by atoms with Crippen molar-refractivity contribution in [1.29, 1.82) is 0 Å². The summed E-state index contributed by atoms with van der Waals surface area (Å²) in [6.07, 6.45) is 2.35. The van der Waals surface area contributed by atoms with Crippen LogP contribution in [0.5, 0.6) is 0 Å². The molecule has 1 aliphatic rings. The van der Waals surface area contributed by atoms with E-state index in [0.29, 0.717) is 5.25 Å². The van der Waals surface area contributed by atoms with Crippen molar-refractivity contribution in [1.82, 2.24) is 0 Å². The van der Waals surface area contributed by atoms with Crippen LogP contribution in [0.25, 0.3) is 0 Å². The maximum atomic E-state index is 5.83. The standard InChI is InChI=1S/C7H7ClS2/c8-7-3-4-5(9)1-2-6(4)10-7/h3,5,9H,1-2H2. The Labute approximate surface area is 74.6 Å². The molecule has 0 saturated carbocycles. The quantitative estimate of drug-likeness (QED) is 0.597. The van der Waals surface area contributed by atoms with E-state index in [4.69, 9.17) is 11.6 Å². The summed E-state index contributed by atoms with van der Waals surface area (Å²) >= 11 is 12.0. The Morgan fingerprint density at radius 3 is 3.20 bits per heavy atom. The monoisotopic (exact) mass is 190 g/mol. The molecule has 1 heterocycles. The highest BCUT2D eigenvalue weighted by atomic mass is 35.5. The number of rotatable bonds is 0. The summed E-state index contributed by atoms with van der Waals surface area (Å²) in [4.78, 5) is 1.44. The molecule has 0 radical (unpaired) electrons. The van der Waals surface area contributed by atoms with Gasteiger partial charge < -0.3 is 0 Å². The van der Waals surface area contributed by atoms with E-state index in [0.717, 1.165) is 4.34 Å². The van der Waals surface area contributed by atoms with Crippen LogP contribution in [0, 0.1) is 0 Å². The molecule has 0 aromatic carbocycles. The van der Waals surface area contributed by atoms with E-state index < -0.39 is 0 Å². The van der Waals surface area contributed by atoms with Crippen molar-refractivity contribution >= 4 is 35.6 Å². The zero-order valence-corrected chi connectivity index (χ0v) is 7.77. The molecule has 0 nitrogen and oxygen atoms in total. The van der Waals surface area contributed by atoms with Crippen molar-refractivity contribution in [3.8, 4) is 0 Å². The van der Waals surface area contributed by atoms with Gasteiger partial charge in [-0.2, -0.15) is 12.6 Å². The Morgan fingerprint density at radius 2 is 2.50 bits per heavy atom. The first kappa shape index (κ1) is 7.01. The molecule has 0 N–H and O–H groups in total. The number of hydrogen-bond donors (Lipinski definition) is 1. The van der Waals surface area contributed by atoms with E-state index in [2.05, 4.69) is 12.6 Å². The Balaban J connectivity index is 2.49. The molecule has 54 valence electrons. The van der Waals surface area contributed by atoms with E-state index >= 15 is 0 Å². The number of halogens is 1. The molecule has 0 aliphatic heterocycles. The van der Waals surface area contributed by atoms with Crippen LogP contribution in [0.4, 0.5) is 0 Å². The fourth-order valence-electron chi connectivity index (χ4n) is 1.31. The van der Waals surface area contributed by atoms with E-state index in [-0.39, 0.29) is 0 Å². The number of fused-ring (bicyclic) bond motifs is 1. The third-order valence-corrected chi connectivity index (χ3v) is 3.69. The third kappa shape index (κ3) is 0.987. The molecule has 1 aromatic heterocycles. The van der Waals surface area contributed by atoms with Crippen molar-refractivity contribution in [3.05, 3.63) is 20.8 Å². The van der Waals surface area contributed by atoms with E-state index in [1.807, 2.05) is 6.07 Å². The number of hydrogen-bond acceptors (Lipinski definition) is 2. The summed E-state index contributed by atoms with van der Waals surface area (Å²) in [5.41, 5.74) is 1.36. The number of thiol groups is 1. The molecule has 1 aliphatic carbocycles. The SMILES string of the molecule is SC1CCc2sc(Cl)cc21.